The van der Waals surface area contributed by atoms with Crippen molar-refractivity contribution in [2.24, 2.45) is 0 Å². The predicted molar refractivity (Wildman–Crippen MR) is 106 cm³/mol. The molecule has 2 aromatic heterocycles. The Morgan fingerprint density at radius 1 is 1.38 bits per heavy atom. The highest BCUT2D eigenvalue weighted by atomic mass is 32.1. The first-order valence-electron chi connectivity index (χ1n) is 8.69. The molecule has 10 heteroatoms. The Kier molecular flexibility index (Phi) is 4.81. The molecule has 0 saturated carbocycles. The van der Waals surface area contributed by atoms with Gasteiger partial charge in [-0.2, -0.15) is 0 Å². The summed E-state index contributed by atoms with van der Waals surface area (Å²) in [7, 11) is 0. The molecule has 4 rings (SSSR count). The van der Waals surface area contributed by atoms with Gasteiger partial charge in [0.05, 0.1) is 17.2 Å². The van der Waals surface area contributed by atoms with Gasteiger partial charge in [-0.3, -0.25) is 10.1 Å². The molecule has 29 heavy (non-hydrogen) atoms. The minimum atomic E-state index is -0.616. The quantitative estimate of drug-likeness (QED) is 0.389. The number of aromatic nitrogens is 1. The summed E-state index contributed by atoms with van der Waals surface area (Å²) in [6.07, 6.45) is 0. The second-order valence-electron chi connectivity index (χ2n) is 6.64. The zero-order valence-electron chi connectivity index (χ0n) is 15.7. The number of nitrogen functional groups attached to an aromatic ring is 1. The van der Waals surface area contributed by atoms with Crippen LogP contribution in [0.4, 0.5) is 11.4 Å². The highest BCUT2D eigenvalue weighted by Crippen LogP contribution is 2.36. The molecule has 1 aliphatic heterocycles. The number of pyridine rings is 1. The molecular formula is C19H17N3O6S. The van der Waals surface area contributed by atoms with Crippen LogP contribution in [0.5, 0.6) is 5.75 Å². The van der Waals surface area contributed by atoms with E-state index in [9.17, 15) is 14.9 Å². The zero-order valence-corrected chi connectivity index (χ0v) is 16.5. The summed E-state index contributed by atoms with van der Waals surface area (Å²) in [5.74, 6) is -0.179. The second-order valence-corrected chi connectivity index (χ2v) is 7.64. The normalized spacial score (nSPS) is 13.0. The number of carbonyl (C=O) groups is 1. The van der Waals surface area contributed by atoms with Gasteiger partial charge in [-0.1, -0.05) is 0 Å². The van der Waals surface area contributed by atoms with Gasteiger partial charge < -0.3 is 19.9 Å². The lowest BCUT2D eigenvalue weighted by Gasteiger charge is -2.20. The Bertz CT molecular complexity index is 1160. The first kappa shape index (κ1) is 19.1. The van der Waals surface area contributed by atoms with Crippen molar-refractivity contribution in [2.75, 3.05) is 12.5 Å². The summed E-state index contributed by atoms with van der Waals surface area (Å²) in [4.78, 5) is 28.7. The number of aryl methyl sites for hydroxylation is 2. The number of hydrogen-bond donors (Lipinski definition) is 1. The Balaban J connectivity index is 1.63. The van der Waals surface area contributed by atoms with E-state index in [1.165, 1.54) is 12.1 Å². The molecule has 9 nitrogen and oxygen atoms in total. The van der Waals surface area contributed by atoms with Gasteiger partial charge in [0.15, 0.2) is 6.79 Å². The van der Waals surface area contributed by atoms with Crippen molar-refractivity contribution in [1.29, 1.82) is 0 Å². The third-order valence-corrected chi connectivity index (χ3v) is 5.63. The van der Waals surface area contributed by atoms with Gasteiger partial charge in [0.2, 0.25) is 0 Å². The van der Waals surface area contributed by atoms with Crippen molar-refractivity contribution >= 4 is 38.9 Å². The summed E-state index contributed by atoms with van der Waals surface area (Å²) < 4.78 is 16.1. The molecule has 0 bridgehead atoms. The number of nitrogens with two attached hydrogens (primary N) is 1. The number of rotatable bonds is 4. The van der Waals surface area contributed by atoms with Gasteiger partial charge in [0, 0.05) is 34.3 Å². The van der Waals surface area contributed by atoms with E-state index in [1.807, 2.05) is 19.9 Å². The Labute approximate surface area is 169 Å². The van der Waals surface area contributed by atoms with Gasteiger partial charge in [0.1, 0.15) is 22.1 Å². The minimum Gasteiger partial charge on any atom is -0.467 e. The van der Waals surface area contributed by atoms with E-state index in [0.29, 0.717) is 27.4 Å². The number of hydrogen-bond acceptors (Lipinski definition) is 9. The molecule has 0 amide bonds. The third kappa shape index (κ3) is 3.47. The average Bonchev–Trinajstić information content (AvgIpc) is 3.02. The lowest BCUT2D eigenvalue weighted by atomic mass is 10.1. The number of ether oxygens (including phenoxy) is 3. The Morgan fingerprint density at radius 3 is 2.93 bits per heavy atom. The van der Waals surface area contributed by atoms with Crippen molar-refractivity contribution < 1.29 is 23.9 Å². The molecule has 0 fully saturated rings. The number of fused-ring (bicyclic) bond motifs is 2. The van der Waals surface area contributed by atoms with Crippen molar-refractivity contribution in [1.82, 2.24) is 4.98 Å². The van der Waals surface area contributed by atoms with Crippen LogP contribution in [0.2, 0.25) is 0 Å². The smallest absolute Gasteiger partial charge is 0.350 e. The molecule has 0 radical (unpaired) electrons. The lowest BCUT2D eigenvalue weighted by molar-refractivity contribution is -0.385. The molecular weight excluding hydrogens is 398 g/mol. The van der Waals surface area contributed by atoms with Crippen LogP contribution in [-0.4, -0.2) is 22.7 Å². The summed E-state index contributed by atoms with van der Waals surface area (Å²) >= 11 is 1.16. The SMILES string of the molecule is Cc1cc(C)c2c(N)c(C(=O)OCc3cc([N+](=O)[O-])cc4c3OCOC4)sc2n1. The molecule has 1 aromatic carbocycles. The fourth-order valence-corrected chi connectivity index (χ4v) is 4.43. The highest BCUT2D eigenvalue weighted by molar-refractivity contribution is 7.21. The monoisotopic (exact) mass is 415 g/mol. The van der Waals surface area contributed by atoms with E-state index >= 15 is 0 Å². The van der Waals surface area contributed by atoms with Crippen LogP contribution in [-0.2, 0) is 22.7 Å². The van der Waals surface area contributed by atoms with Crippen molar-refractivity contribution in [2.45, 2.75) is 27.1 Å². The van der Waals surface area contributed by atoms with Crippen LogP contribution in [0.15, 0.2) is 18.2 Å². The maximum absolute atomic E-state index is 12.7. The molecule has 0 atom stereocenters. The molecule has 3 aromatic rings. The molecule has 0 spiro atoms. The van der Waals surface area contributed by atoms with Crippen LogP contribution in [0.25, 0.3) is 10.2 Å². The van der Waals surface area contributed by atoms with Crippen LogP contribution in [0.3, 0.4) is 0 Å². The van der Waals surface area contributed by atoms with E-state index in [2.05, 4.69) is 4.98 Å². The first-order valence-corrected chi connectivity index (χ1v) is 9.51. The fraction of sp³-hybridized carbons (Fsp3) is 0.263. The van der Waals surface area contributed by atoms with Crippen molar-refractivity contribution in [3.8, 4) is 5.75 Å². The van der Waals surface area contributed by atoms with Gasteiger partial charge in [-0.05, 0) is 25.5 Å². The predicted octanol–water partition coefficient (Wildman–Crippen LogP) is 3.63. The fourth-order valence-electron chi connectivity index (χ4n) is 3.32. The summed E-state index contributed by atoms with van der Waals surface area (Å²) in [5, 5.41) is 11.9. The van der Waals surface area contributed by atoms with Crippen LogP contribution in [0.1, 0.15) is 32.1 Å². The number of benzene rings is 1. The standard InChI is InChI=1S/C19H17N3O6S/c1-9-3-10(2)21-18-14(9)15(20)17(29-18)19(23)27-7-12-5-13(22(24)25)4-11-6-26-8-28-16(11)12/h3-5H,6-8,20H2,1-2H3. The molecule has 3 heterocycles. The van der Waals surface area contributed by atoms with Crippen molar-refractivity contribution in [3.63, 3.8) is 0 Å². The highest BCUT2D eigenvalue weighted by Gasteiger charge is 2.24. The summed E-state index contributed by atoms with van der Waals surface area (Å²) in [6, 6.07) is 4.62. The van der Waals surface area contributed by atoms with Gasteiger partial charge in [-0.25, -0.2) is 9.78 Å². The molecule has 2 N–H and O–H groups in total. The Morgan fingerprint density at radius 2 is 2.17 bits per heavy atom. The van der Waals surface area contributed by atoms with Crippen LogP contribution in [0, 0.1) is 24.0 Å². The first-order chi connectivity index (χ1) is 13.8. The van der Waals surface area contributed by atoms with Crippen LogP contribution >= 0.6 is 11.3 Å². The molecule has 0 aliphatic carbocycles. The van der Waals surface area contributed by atoms with E-state index in [4.69, 9.17) is 19.9 Å². The molecule has 0 unspecified atom stereocenters. The third-order valence-electron chi connectivity index (χ3n) is 4.55. The number of nitrogens with zero attached hydrogens (tertiary/aromatic N) is 2. The minimum absolute atomic E-state index is 0.0271. The maximum atomic E-state index is 12.7. The van der Waals surface area contributed by atoms with E-state index in [0.717, 1.165) is 28.0 Å². The molecule has 1 aliphatic rings. The maximum Gasteiger partial charge on any atom is 0.350 e. The molecule has 0 saturated heterocycles. The number of non-ortho nitro benzene ring substituents is 1. The lowest BCUT2D eigenvalue weighted by Crippen LogP contribution is -2.15. The Hall–Kier alpha value is -3.24. The van der Waals surface area contributed by atoms with Crippen molar-refractivity contribution in [3.05, 3.63) is 55.6 Å². The van der Waals surface area contributed by atoms with Gasteiger partial charge in [-0.15, -0.1) is 11.3 Å². The average molecular weight is 415 g/mol. The van der Waals surface area contributed by atoms with E-state index < -0.39 is 10.9 Å². The van der Waals surface area contributed by atoms with Gasteiger partial charge >= 0.3 is 5.97 Å². The number of esters is 1. The van der Waals surface area contributed by atoms with E-state index in [1.54, 1.807) is 0 Å². The van der Waals surface area contributed by atoms with Gasteiger partial charge in [0.25, 0.3) is 5.69 Å². The number of nitro groups is 1. The summed E-state index contributed by atoms with van der Waals surface area (Å²) in [5.41, 5.74) is 9.07. The molecule has 150 valence electrons. The van der Waals surface area contributed by atoms with Crippen LogP contribution < -0.4 is 10.5 Å². The zero-order chi connectivity index (χ0) is 20.7. The number of thiophene rings is 1. The topological polar surface area (TPSA) is 127 Å². The van der Waals surface area contributed by atoms with E-state index in [-0.39, 0.29) is 30.6 Å². The number of carbonyl (C=O) groups excluding carboxylic acids is 1. The second kappa shape index (κ2) is 7.30. The number of nitro benzene ring substituents is 1. The number of anilines is 1. The largest absolute Gasteiger partial charge is 0.467 e. The summed E-state index contributed by atoms with van der Waals surface area (Å²) in [6.45, 7) is 3.80.